The molecular formula is C14H16BrN3O. The lowest BCUT2D eigenvalue weighted by atomic mass is 10.1. The molecule has 2 saturated carbocycles. The predicted octanol–water partition coefficient (Wildman–Crippen LogP) is 3.01. The van der Waals surface area contributed by atoms with Crippen LogP contribution in [0.25, 0.3) is 0 Å². The largest absolute Gasteiger partial charge is 0.347 e. The maximum absolute atomic E-state index is 12.4. The smallest absolute Gasteiger partial charge is 0.268 e. The van der Waals surface area contributed by atoms with Crippen molar-refractivity contribution >= 4 is 21.8 Å². The summed E-state index contributed by atoms with van der Waals surface area (Å²) in [6, 6.07) is 4.65. The van der Waals surface area contributed by atoms with Crippen molar-refractivity contribution in [3.8, 4) is 6.07 Å². The number of nitriles is 1. The summed E-state index contributed by atoms with van der Waals surface area (Å²) in [5, 5.41) is 12.1. The van der Waals surface area contributed by atoms with E-state index in [0.717, 1.165) is 36.6 Å². The summed E-state index contributed by atoms with van der Waals surface area (Å²) in [5.41, 5.74) is 0.706. The Morgan fingerprint density at radius 3 is 2.89 bits per heavy atom. The highest BCUT2D eigenvalue weighted by Crippen LogP contribution is 2.37. The van der Waals surface area contributed by atoms with Gasteiger partial charge in [-0.05, 0) is 54.1 Å². The molecule has 0 saturated heterocycles. The lowest BCUT2D eigenvalue weighted by Gasteiger charge is -2.16. The topological polar surface area (TPSA) is 57.8 Å². The fourth-order valence-electron chi connectivity index (χ4n) is 2.81. The zero-order chi connectivity index (χ0) is 13.4. The van der Waals surface area contributed by atoms with Gasteiger partial charge in [0.05, 0.1) is 12.0 Å². The normalized spacial score (nSPS) is 26.1. The second kappa shape index (κ2) is 5.01. The van der Waals surface area contributed by atoms with Crippen LogP contribution in [0.4, 0.5) is 0 Å². The third kappa shape index (κ3) is 2.55. The number of hydrogen-bond acceptors (Lipinski definition) is 2. The van der Waals surface area contributed by atoms with Crippen molar-refractivity contribution in [1.29, 1.82) is 5.26 Å². The van der Waals surface area contributed by atoms with Gasteiger partial charge in [-0.2, -0.15) is 5.26 Å². The molecule has 2 aliphatic carbocycles. The molecule has 1 N–H and O–H groups in total. The van der Waals surface area contributed by atoms with Gasteiger partial charge in [0.25, 0.3) is 5.91 Å². The van der Waals surface area contributed by atoms with Crippen LogP contribution < -0.4 is 5.32 Å². The predicted molar refractivity (Wildman–Crippen MR) is 74.6 cm³/mol. The van der Waals surface area contributed by atoms with Crippen LogP contribution in [0.1, 0.15) is 48.6 Å². The molecule has 1 amide bonds. The first-order valence-electron chi connectivity index (χ1n) is 6.77. The number of carbonyl (C=O) groups is 1. The number of aromatic nitrogens is 1. The molecule has 1 aromatic rings. The number of nitrogens with one attached hydrogen (secondary N) is 1. The van der Waals surface area contributed by atoms with Crippen LogP contribution in [0.5, 0.6) is 0 Å². The second-order valence-electron chi connectivity index (χ2n) is 5.43. The van der Waals surface area contributed by atoms with Gasteiger partial charge in [-0.3, -0.25) is 4.79 Å². The molecule has 3 rings (SSSR count). The van der Waals surface area contributed by atoms with Gasteiger partial charge in [0.2, 0.25) is 0 Å². The summed E-state index contributed by atoms with van der Waals surface area (Å²) in [5.74, 6) is -0.0820. The van der Waals surface area contributed by atoms with Crippen LogP contribution >= 0.6 is 15.9 Å². The Bertz CT molecular complexity index is 541. The van der Waals surface area contributed by atoms with Gasteiger partial charge in [0, 0.05) is 22.8 Å². The highest BCUT2D eigenvalue weighted by Gasteiger charge is 2.31. The molecule has 5 heteroatoms. The van der Waals surface area contributed by atoms with E-state index in [4.69, 9.17) is 5.26 Å². The summed E-state index contributed by atoms with van der Waals surface area (Å²) in [7, 11) is 0. The average molecular weight is 322 g/mol. The molecule has 0 aromatic carbocycles. The van der Waals surface area contributed by atoms with Gasteiger partial charge in [-0.1, -0.05) is 0 Å². The van der Waals surface area contributed by atoms with Gasteiger partial charge < -0.3 is 9.88 Å². The molecule has 4 nitrogen and oxygen atoms in total. The first-order chi connectivity index (χ1) is 9.19. The van der Waals surface area contributed by atoms with Crippen LogP contribution in [0.3, 0.4) is 0 Å². The quantitative estimate of drug-likeness (QED) is 0.930. The van der Waals surface area contributed by atoms with E-state index >= 15 is 0 Å². The number of nitrogens with zero attached hydrogens (tertiary/aromatic N) is 2. The van der Waals surface area contributed by atoms with E-state index in [1.165, 1.54) is 0 Å². The van der Waals surface area contributed by atoms with Crippen LogP contribution in [0, 0.1) is 17.2 Å². The zero-order valence-electron chi connectivity index (χ0n) is 10.6. The fraction of sp³-hybridized carbons (Fsp3) is 0.571. The monoisotopic (exact) mass is 321 g/mol. The Kier molecular flexibility index (Phi) is 3.36. The SMILES string of the molecule is N#CC1CCCC1NC(=O)c1cc(Br)cn1C1CC1. The highest BCUT2D eigenvalue weighted by molar-refractivity contribution is 9.10. The molecule has 2 aliphatic rings. The molecule has 19 heavy (non-hydrogen) atoms. The third-order valence-corrected chi connectivity index (χ3v) is 4.42. The minimum absolute atomic E-state index is 0.0128. The van der Waals surface area contributed by atoms with E-state index in [0.29, 0.717) is 11.7 Å². The van der Waals surface area contributed by atoms with Crippen molar-refractivity contribution in [2.24, 2.45) is 5.92 Å². The zero-order valence-corrected chi connectivity index (χ0v) is 12.2. The Morgan fingerprint density at radius 1 is 1.42 bits per heavy atom. The first kappa shape index (κ1) is 12.7. The number of amides is 1. The van der Waals surface area contributed by atoms with E-state index in [9.17, 15) is 4.79 Å². The molecule has 2 atom stereocenters. The summed E-state index contributed by atoms with van der Waals surface area (Å²) in [6.07, 6.45) is 7.10. The highest BCUT2D eigenvalue weighted by atomic mass is 79.9. The van der Waals surface area contributed by atoms with E-state index in [1.807, 2.05) is 12.3 Å². The van der Waals surface area contributed by atoms with Gasteiger partial charge in [0.1, 0.15) is 5.69 Å². The van der Waals surface area contributed by atoms with Crippen LogP contribution in [-0.4, -0.2) is 16.5 Å². The number of hydrogen-bond donors (Lipinski definition) is 1. The van der Waals surface area contributed by atoms with E-state index in [1.54, 1.807) is 0 Å². The Morgan fingerprint density at radius 2 is 2.21 bits per heavy atom. The minimum Gasteiger partial charge on any atom is -0.347 e. The maximum atomic E-state index is 12.4. The van der Waals surface area contributed by atoms with Crippen molar-refractivity contribution in [1.82, 2.24) is 9.88 Å². The maximum Gasteiger partial charge on any atom is 0.268 e. The van der Waals surface area contributed by atoms with E-state index in [2.05, 4.69) is 31.9 Å². The van der Waals surface area contributed by atoms with Gasteiger partial charge in [-0.15, -0.1) is 0 Å². The average Bonchev–Trinajstić information content (AvgIpc) is 3.02. The minimum atomic E-state index is -0.0512. The van der Waals surface area contributed by atoms with Crippen molar-refractivity contribution in [3.05, 3.63) is 22.4 Å². The molecule has 2 unspecified atom stereocenters. The first-order valence-corrected chi connectivity index (χ1v) is 7.56. The molecule has 0 bridgehead atoms. The molecule has 0 spiro atoms. The Hall–Kier alpha value is -1.28. The van der Waals surface area contributed by atoms with E-state index in [-0.39, 0.29) is 17.9 Å². The Balaban J connectivity index is 1.75. The lowest BCUT2D eigenvalue weighted by molar-refractivity contribution is 0.0923. The summed E-state index contributed by atoms with van der Waals surface area (Å²) in [6.45, 7) is 0. The van der Waals surface area contributed by atoms with Gasteiger partial charge >= 0.3 is 0 Å². The second-order valence-corrected chi connectivity index (χ2v) is 6.34. The molecule has 100 valence electrons. The van der Waals surface area contributed by atoms with Crippen molar-refractivity contribution in [2.45, 2.75) is 44.2 Å². The van der Waals surface area contributed by atoms with Gasteiger partial charge in [0.15, 0.2) is 0 Å². The summed E-state index contributed by atoms with van der Waals surface area (Å²) < 4.78 is 2.99. The molecule has 2 fully saturated rings. The molecular weight excluding hydrogens is 306 g/mol. The van der Waals surface area contributed by atoms with Crippen LogP contribution in [0.2, 0.25) is 0 Å². The van der Waals surface area contributed by atoms with Crippen LogP contribution in [0.15, 0.2) is 16.7 Å². The number of halogens is 1. The molecule has 0 radical (unpaired) electrons. The Labute approximate surface area is 120 Å². The standard InChI is InChI=1S/C14H16BrN3O/c15-10-6-13(18(8-10)11-4-5-11)14(19)17-12-3-1-2-9(12)7-16/h6,8-9,11-12H,1-5H2,(H,17,19). The van der Waals surface area contributed by atoms with Gasteiger partial charge in [-0.25, -0.2) is 0 Å². The fourth-order valence-corrected chi connectivity index (χ4v) is 3.25. The van der Waals surface area contributed by atoms with Crippen molar-refractivity contribution < 1.29 is 4.79 Å². The molecule has 1 heterocycles. The van der Waals surface area contributed by atoms with Crippen LogP contribution in [-0.2, 0) is 0 Å². The van der Waals surface area contributed by atoms with Crippen molar-refractivity contribution in [3.63, 3.8) is 0 Å². The third-order valence-electron chi connectivity index (χ3n) is 3.99. The summed E-state index contributed by atoms with van der Waals surface area (Å²) >= 11 is 3.43. The summed E-state index contributed by atoms with van der Waals surface area (Å²) in [4.78, 5) is 12.4. The van der Waals surface area contributed by atoms with E-state index < -0.39 is 0 Å². The molecule has 0 aliphatic heterocycles. The molecule has 1 aromatic heterocycles. The number of carbonyl (C=O) groups excluding carboxylic acids is 1. The van der Waals surface area contributed by atoms with Crippen molar-refractivity contribution in [2.75, 3.05) is 0 Å². The number of rotatable bonds is 3. The lowest BCUT2D eigenvalue weighted by Crippen LogP contribution is -2.37.